The number of pyridine rings is 1. The minimum absolute atomic E-state index is 0.0726. The molecule has 0 N–H and O–H groups in total. The smallest absolute Gasteiger partial charge is 0.345 e. The number of nitrogens with zero attached hydrogens (tertiary/aromatic N) is 3. The van der Waals surface area contributed by atoms with Gasteiger partial charge in [0.1, 0.15) is 17.2 Å². The van der Waals surface area contributed by atoms with Crippen LogP contribution in [0.1, 0.15) is 33.2 Å². The van der Waals surface area contributed by atoms with Crippen LogP contribution < -0.4 is 10.5 Å². The van der Waals surface area contributed by atoms with Gasteiger partial charge >= 0.3 is 5.97 Å². The fourth-order valence-corrected chi connectivity index (χ4v) is 5.14. The van der Waals surface area contributed by atoms with Gasteiger partial charge in [0.2, 0.25) is 0 Å². The number of hydrogen-bond donors (Lipinski definition) is 0. The molecule has 1 aromatic heterocycles. The third-order valence-corrected chi connectivity index (χ3v) is 7.14. The Labute approximate surface area is 234 Å². The fourth-order valence-electron chi connectivity index (χ4n) is 4.97. The minimum Gasteiger partial charge on any atom is -0.462 e. The first-order valence-electron chi connectivity index (χ1n) is 12.8. The summed E-state index contributed by atoms with van der Waals surface area (Å²) in [5.74, 6) is -1.81. The molecule has 1 aliphatic rings. The molecule has 0 unspecified atom stereocenters. The molecule has 1 saturated heterocycles. The van der Waals surface area contributed by atoms with E-state index in [9.17, 15) is 23.2 Å². The summed E-state index contributed by atoms with van der Waals surface area (Å²) in [4.78, 5) is 43.7. The average Bonchev–Trinajstić information content (AvgIpc) is 2.95. The molecular weight excluding hydrogens is 540 g/mol. The number of benzene rings is 3. The molecule has 0 spiro atoms. The van der Waals surface area contributed by atoms with Crippen molar-refractivity contribution in [2.75, 3.05) is 37.7 Å². The summed E-state index contributed by atoms with van der Waals surface area (Å²) in [7, 11) is 0. The third-order valence-electron chi connectivity index (χ3n) is 6.91. The quantitative estimate of drug-likeness (QED) is 0.304. The van der Waals surface area contributed by atoms with Gasteiger partial charge in [-0.15, -0.1) is 0 Å². The molecule has 1 amide bonds. The van der Waals surface area contributed by atoms with Gasteiger partial charge in [-0.2, -0.15) is 0 Å². The van der Waals surface area contributed by atoms with Crippen molar-refractivity contribution in [1.29, 1.82) is 0 Å². The van der Waals surface area contributed by atoms with Gasteiger partial charge in [-0.1, -0.05) is 23.7 Å². The normalized spacial score (nSPS) is 13.5. The van der Waals surface area contributed by atoms with E-state index in [-0.39, 0.29) is 24.6 Å². The number of esters is 1. The Kier molecular flexibility index (Phi) is 7.84. The van der Waals surface area contributed by atoms with E-state index in [1.807, 2.05) is 4.90 Å². The molecular formula is C30H26ClF2N3O4. The lowest BCUT2D eigenvalue weighted by molar-refractivity contribution is 0.0523. The molecule has 5 rings (SSSR count). The first-order valence-corrected chi connectivity index (χ1v) is 13.2. The Morgan fingerprint density at radius 1 is 0.900 bits per heavy atom. The highest BCUT2D eigenvalue weighted by molar-refractivity contribution is 6.31. The van der Waals surface area contributed by atoms with Crippen molar-refractivity contribution in [3.05, 3.63) is 110 Å². The zero-order valence-electron chi connectivity index (χ0n) is 21.7. The van der Waals surface area contributed by atoms with Crippen molar-refractivity contribution in [2.24, 2.45) is 0 Å². The Bertz CT molecular complexity index is 1630. The number of amides is 1. The van der Waals surface area contributed by atoms with E-state index in [0.717, 1.165) is 0 Å². The largest absolute Gasteiger partial charge is 0.462 e. The van der Waals surface area contributed by atoms with E-state index in [4.69, 9.17) is 16.3 Å². The monoisotopic (exact) mass is 565 g/mol. The Balaban J connectivity index is 1.57. The van der Waals surface area contributed by atoms with Crippen molar-refractivity contribution in [2.45, 2.75) is 13.5 Å². The van der Waals surface area contributed by atoms with Gasteiger partial charge in [-0.3, -0.25) is 9.59 Å². The number of piperazine rings is 1. The molecule has 0 bridgehead atoms. The van der Waals surface area contributed by atoms with Crippen LogP contribution in [0.5, 0.6) is 0 Å². The molecule has 2 heterocycles. The maximum absolute atomic E-state index is 13.9. The van der Waals surface area contributed by atoms with Crippen molar-refractivity contribution >= 4 is 40.1 Å². The molecule has 0 aliphatic carbocycles. The average molecular weight is 566 g/mol. The Morgan fingerprint density at radius 3 is 2.15 bits per heavy atom. The van der Waals surface area contributed by atoms with E-state index in [0.29, 0.717) is 58.9 Å². The van der Waals surface area contributed by atoms with Gasteiger partial charge in [0.25, 0.3) is 11.5 Å². The lowest BCUT2D eigenvalue weighted by Crippen LogP contribution is -2.49. The molecule has 0 radical (unpaired) electrons. The van der Waals surface area contributed by atoms with E-state index in [1.54, 1.807) is 42.2 Å². The summed E-state index contributed by atoms with van der Waals surface area (Å²) in [6.45, 7) is 3.14. The number of aromatic nitrogens is 1. The van der Waals surface area contributed by atoms with Gasteiger partial charge in [0.15, 0.2) is 0 Å². The van der Waals surface area contributed by atoms with Crippen molar-refractivity contribution in [1.82, 2.24) is 9.47 Å². The van der Waals surface area contributed by atoms with Gasteiger partial charge in [-0.05, 0) is 67.1 Å². The molecule has 4 aromatic rings. The van der Waals surface area contributed by atoms with E-state index in [1.165, 1.54) is 41.0 Å². The molecule has 10 heteroatoms. The van der Waals surface area contributed by atoms with Crippen LogP contribution in [0, 0.1) is 11.6 Å². The molecule has 206 valence electrons. The third kappa shape index (κ3) is 5.42. The second kappa shape index (κ2) is 11.5. The number of halogens is 3. The van der Waals surface area contributed by atoms with Gasteiger partial charge < -0.3 is 19.1 Å². The molecule has 40 heavy (non-hydrogen) atoms. The summed E-state index contributed by atoms with van der Waals surface area (Å²) in [6, 6.07) is 16.2. The molecule has 0 saturated carbocycles. The summed E-state index contributed by atoms with van der Waals surface area (Å²) < 4.78 is 33.6. The molecule has 3 aromatic carbocycles. The number of rotatable bonds is 6. The van der Waals surface area contributed by atoms with Crippen LogP contribution in [-0.2, 0) is 11.3 Å². The lowest BCUT2D eigenvalue weighted by atomic mass is 10.0. The first-order chi connectivity index (χ1) is 19.3. The molecule has 7 nitrogen and oxygen atoms in total. The standard InChI is InChI=1S/C30H26ClF2N3O4/c1-2-40-30(39)26-27(34-13-15-35(16-14-34)28(37)20-5-10-23(33)11-6-20)24-17-21(31)7-12-25(24)36(29(26)38)18-19-3-8-22(32)9-4-19/h3-12,17H,2,13-16,18H2,1H3. The second-order valence-electron chi connectivity index (χ2n) is 9.41. The number of fused-ring (bicyclic) bond motifs is 1. The highest BCUT2D eigenvalue weighted by Crippen LogP contribution is 2.33. The number of carbonyl (C=O) groups excluding carboxylic acids is 2. The maximum atomic E-state index is 13.9. The second-order valence-corrected chi connectivity index (χ2v) is 9.85. The highest BCUT2D eigenvalue weighted by Gasteiger charge is 2.30. The predicted octanol–water partition coefficient (Wildman–Crippen LogP) is 5.12. The molecule has 0 atom stereocenters. The fraction of sp³-hybridized carbons (Fsp3) is 0.233. The zero-order chi connectivity index (χ0) is 28.4. The van der Waals surface area contributed by atoms with Crippen molar-refractivity contribution in [3.63, 3.8) is 0 Å². The van der Waals surface area contributed by atoms with Crippen LogP contribution >= 0.6 is 11.6 Å². The zero-order valence-corrected chi connectivity index (χ0v) is 22.5. The maximum Gasteiger partial charge on any atom is 0.345 e. The highest BCUT2D eigenvalue weighted by atomic mass is 35.5. The van der Waals surface area contributed by atoms with Crippen molar-refractivity contribution in [3.8, 4) is 0 Å². The number of ether oxygens (including phenoxy) is 1. The summed E-state index contributed by atoms with van der Waals surface area (Å²) in [6.07, 6.45) is 0. The summed E-state index contributed by atoms with van der Waals surface area (Å²) >= 11 is 6.39. The number of anilines is 1. The lowest BCUT2D eigenvalue weighted by Gasteiger charge is -2.37. The van der Waals surface area contributed by atoms with Crippen LogP contribution in [-0.4, -0.2) is 54.1 Å². The van der Waals surface area contributed by atoms with E-state index >= 15 is 0 Å². The summed E-state index contributed by atoms with van der Waals surface area (Å²) in [5.41, 5.74) is 1.32. The van der Waals surface area contributed by atoms with Gasteiger partial charge in [0, 0.05) is 42.2 Å². The first kappa shape index (κ1) is 27.3. The summed E-state index contributed by atoms with van der Waals surface area (Å²) in [5, 5.41) is 0.997. The van der Waals surface area contributed by atoms with Crippen LogP contribution in [0.4, 0.5) is 14.5 Å². The van der Waals surface area contributed by atoms with Crippen molar-refractivity contribution < 1.29 is 23.1 Å². The number of hydrogen-bond acceptors (Lipinski definition) is 5. The number of carbonyl (C=O) groups is 2. The van der Waals surface area contributed by atoms with Gasteiger partial charge in [-0.25, -0.2) is 13.6 Å². The molecule has 1 aliphatic heterocycles. The van der Waals surface area contributed by atoms with Gasteiger partial charge in [0.05, 0.1) is 24.4 Å². The van der Waals surface area contributed by atoms with Crippen LogP contribution in [0.3, 0.4) is 0 Å². The Hall–Kier alpha value is -4.24. The predicted molar refractivity (Wildman–Crippen MR) is 149 cm³/mol. The Morgan fingerprint density at radius 2 is 1.52 bits per heavy atom. The minimum atomic E-state index is -0.762. The SMILES string of the molecule is CCOC(=O)c1c(N2CCN(C(=O)c3ccc(F)cc3)CC2)c2cc(Cl)ccc2n(Cc2ccc(F)cc2)c1=O. The molecule has 1 fully saturated rings. The van der Waals surface area contributed by atoms with Crippen LogP contribution in [0.25, 0.3) is 10.9 Å². The van der Waals surface area contributed by atoms with E-state index in [2.05, 4.69) is 0 Å². The topological polar surface area (TPSA) is 71.8 Å². The van der Waals surface area contributed by atoms with Crippen LogP contribution in [0.15, 0.2) is 71.5 Å². The van der Waals surface area contributed by atoms with E-state index < -0.39 is 23.2 Å². The van der Waals surface area contributed by atoms with Crippen LogP contribution in [0.2, 0.25) is 5.02 Å².